The number of nitro groups is 1. The summed E-state index contributed by atoms with van der Waals surface area (Å²) >= 11 is 0. The first kappa shape index (κ1) is 15.3. The minimum Gasteiger partial charge on any atom is -0.497 e. The molecule has 0 aliphatic heterocycles. The van der Waals surface area contributed by atoms with Gasteiger partial charge in [0.05, 0.1) is 19.1 Å². The Hall–Kier alpha value is -2.76. The Morgan fingerprint density at radius 3 is 1.65 bits per heavy atom. The third-order valence-electron chi connectivity index (χ3n) is 2.40. The molecule has 0 radical (unpaired) electrons. The van der Waals surface area contributed by atoms with Gasteiger partial charge in [-0.2, -0.15) is 0 Å². The van der Waals surface area contributed by atoms with E-state index in [1.165, 1.54) is 19.2 Å². The Balaban J connectivity index is 0.000000204. The van der Waals surface area contributed by atoms with Gasteiger partial charge in [-0.1, -0.05) is 0 Å². The fourth-order valence-electron chi connectivity index (χ4n) is 1.31. The van der Waals surface area contributed by atoms with Gasteiger partial charge in [-0.25, -0.2) is 0 Å². The lowest BCUT2D eigenvalue weighted by Gasteiger charge is -1.97. The maximum Gasteiger partial charge on any atom is 0.269 e. The number of nitrogen functional groups attached to an aromatic ring is 1. The Kier molecular flexibility index (Phi) is 5.83. The Labute approximate surface area is 116 Å². The summed E-state index contributed by atoms with van der Waals surface area (Å²) in [5.41, 5.74) is 6.26. The van der Waals surface area contributed by atoms with Gasteiger partial charge in [0, 0.05) is 17.8 Å². The average molecular weight is 276 g/mol. The van der Waals surface area contributed by atoms with Crippen LogP contribution in [-0.2, 0) is 0 Å². The van der Waals surface area contributed by atoms with Crippen LogP contribution in [0.4, 0.5) is 11.4 Å². The van der Waals surface area contributed by atoms with Crippen LogP contribution in [0.3, 0.4) is 0 Å². The number of hydrogen-bond acceptors (Lipinski definition) is 5. The molecule has 0 fully saturated rings. The summed E-state index contributed by atoms with van der Waals surface area (Å²) in [5, 5.41) is 10.2. The second kappa shape index (κ2) is 7.63. The zero-order valence-electron chi connectivity index (χ0n) is 11.3. The largest absolute Gasteiger partial charge is 0.497 e. The van der Waals surface area contributed by atoms with E-state index in [2.05, 4.69) is 0 Å². The van der Waals surface area contributed by atoms with Gasteiger partial charge in [-0.15, -0.1) is 0 Å². The van der Waals surface area contributed by atoms with Crippen LogP contribution in [0.1, 0.15) is 0 Å². The van der Waals surface area contributed by atoms with E-state index in [1.54, 1.807) is 31.4 Å². The van der Waals surface area contributed by atoms with E-state index in [0.717, 1.165) is 11.4 Å². The molecule has 0 aliphatic rings. The van der Waals surface area contributed by atoms with Crippen LogP contribution in [0.2, 0.25) is 0 Å². The lowest BCUT2D eigenvalue weighted by molar-refractivity contribution is -0.384. The van der Waals surface area contributed by atoms with Crippen LogP contribution < -0.4 is 15.2 Å². The molecule has 2 aromatic carbocycles. The number of rotatable bonds is 3. The van der Waals surface area contributed by atoms with Crippen LogP contribution in [0.5, 0.6) is 11.5 Å². The molecule has 2 rings (SSSR count). The highest BCUT2D eigenvalue weighted by Gasteiger charge is 2.02. The number of anilines is 1. The van der Waals surface area contributed by atoms with Crippen molar-refractivity contribution in [3.8, 4) is 11.5 Å². The number of nitro benzene ring substituents is 1. The van der Waals surface area contributed by atoms with E-state index < -0.39 is 4.92 Å². The minimum absolute atomic E-state index is 0.0748. The van der Waals surface area contributed by atoms with Gasteiger partial charge in [0.25, 0.3) is 5.69 Å². The molecular weight excluding hydrogens is 260 g/mol. The first-order valence-corrected chi connectivity index (χ1v) is 5.74. The fourth-order valence-corrected chi connectivity index (χ4v) is 1.31. The van der Waals surface area contributed by atoms with Crippen LogP contribution in [0.25, 0.3) is 0 Å². The molecule has 0 spiro atoms. The van der Waals surface area contributed by atoms with Crippen molar-refractivity contribution in [3.05, 3.63) is 58.6 Å². The average Bonchev–Trinajstić information content (AvgIpc) is 2.49. The lowest BCUT2D eigenvalue weighted by Crippen LogP contribution is -1.87. The van der Waals surface area contributed by atoms with Gasteiger partial charge in [-0.05, 0) is 36.4 Å². The molecule has 20 heavy (non-hydrogen) atoms. The van der Waals surface area contributed by atoms with Crippen LogP contribution in [0.15, 0.2) is 48.5 Å². The number of nitrogens with zero attached hydrogens (tertiary/aromatic N) is 1. The molecule has 0 saturated heterocycles. The van der Waals surface area contributed by atoms with Crippen molar-refractivity contribution in [2.24, 2.45) is 0 Å². The maximum atomic E-state index is 10.2. The van der Waals surface area contributed by atoms with Crippen molar-refractivity contribution in [2.45, 2.75) is 0 Å². The molecule has 0 aromatic heterocycles. The second-order valence-electron chi connectivity index (χ2n) is 3.73. The zero-order valence-corrected chi connectivity index (χ0v) is 11.3. The van der Waals surface area contributed by atoms with Crippen molar-refractivity contribution in [2.75, 3.05) is 20.0 Å². The van der Waals surface area contributed by atoms with Crippen molar-refractivity contribution in [1.29, 1.82) is 0 Å². The van der Waals surface area contributed by atoms with E-state index in [4.69, 9.17) is 15.2 Å². The van der Waals surface area contributed by atoms with Crippen molar-refractivity contribution < 1.29 is 14.4 Å². The van der Waals surface area contributed by atoms with E-state index >= 15 is 0 Å². The van der Waals surface area contributed by atoms with Crippen LogP contribution in [-0.4, -0.2) is 19.1 Å². The number of ether oxygens (including phenoxy) is 2. The van der Waals surface area contributed by atoms with E-state index in [9.17, 15) is 10.1 Å². The molecule has 0 unspecified atom stereocenters. The Morgan fingerprint density at radius 2 is 1.30 bits per heavy atom. The van der Waals surface area contributed by atoms with E-state index in [0.29, 0.717) is 5.75 Å². The minimum atomic E-state index is -0.445. The molecule has 6 heteroatoms. The monoisotopic (exact) mass is 276 g/mol. The second-order valence-corrected chi connectivity index (χ2v) is 3.73. The number of non-ortho nitro benzene ring substituents is 1. The number of nitrogens with two attached hydrogens (primary N) is 1. The van der Waals surface area contributed by atoms with Crippen molar-refractivity contribution in [1.82, 2.24) is 0 Å². The number of benzene rings is 2. The smallest absolute Gasteiger partial charge is 0.269 e. The van der Waals surface area contributed by atoms with Gasteiger partial charge in [0.1, 0.15) is 11.5 Å². The molecule has 0 atom stereocenters. The summed E-state index contributed by atoms with van der Waals surface area (Å²) in [6.07, 6.45) is 0. The molecule has 2 aromatic rings. The van der Waals surface area contributed by atoms with Crippen molar-refractivity contribution in [3.63, 3.8) is 0 Å². The van der Waals surface area contributed by atoms with Gasteiger partial charge >= 0.3 is 0 Å². The van der Waals surface area contributed by atoms with Crippen molar-refractivity contribution >= 4 is 11.4 Å². The summed E-state index contributed by atoms with van der Waals surface area (Å²) in [7, 11) is 3.15. The zero-order chi connectivity index (χ0) is 15.0. The quantitative estimate of drug-likeness (QED) is 0.529. The predicted octanol–water partition coefficient (Wildman–Crippen LogP) is 2.88. The SMILES string of the molecule is COc1ccc(N)cc1.COc1ccc([N+](=O)[O-])cc1. The lowest BCUT2D eigenvalue weighted by atomic mass is 10.3. The topological polar surface area (TPSA) is 87.6 Å². The standard InChI is InChI=1S/C7H7NO3.C7H9NO/c1-11-7-4-2-6(3-5-7)8(9)10;1-9-7-4-2-6(8)3-5-7/h2-5H,1H3;2-5H,8H2,1H3. The predicted molar refractivity (Wildman–Crippen MR) is 77.1 cm³/mol. The highest BCUT2D eigenvalue weighted by Crippen LogP contribution is 2.16. The molecule has 0 aliphatic carbocycles. The van der Waals surface area contributed by atoms with Gasteiger partial charge < -0.3 is 15.2 Å². The van der Waals surface area contributed by atoms with Crippen LogP contribution in [0, 0.1) is 10.1 Å². The van der Waals surface area contributed by atoms with E-state index in [1.807, 2.05) is 12.1 Å². The summed E-state index contributed by atoms with van der Waals surface area (Å²) in [6, 6.07) is 13.2. The Morgan fingerprint density at radius 1 is 0.900 bits per heavy atom. The highest BCUT2D eigenvalue weighted by molar-refractivity contribution is 5.41. The van der Waals surface area contributed by atoms with Gasteiger partial charge in [0.15, 0.2) is 0 Å². The first-order chi connectivity index (χ1) is 9.56. The highest BCUT2D eigenvalue weighted by atomic mass is 16.6. The molecule has 0 amide bonds. The molecule has 2 N–H and O–H groups in total. The molecule has 0 saturated carbocycles. The fraction of sp³-hybridized carbons (Fsp3) is 0.143. The summed E-state index contributed by atoms with van der Waals surface area (Å²) in [5.74, 6) is 1.46. The third kappa shape index (κ3) is 4.85. The number of hydrogen-bond donors (Lipinski definition) is 1. The molecular formula is C14H16N2O4. The number of methoxy groups -OCH3 is 2. The summed E-state index contributed by atoms with van der Waals surface area (Å²) in [6.45, 7) is 0. The first-order valence-electron chi connectivity index (χ1n) is 5.74. The van der Waals surface area contributed by atoms with E-state index in [-0.39, 0.29) is 5.69 Å². The van der Waals surface area contributed by atoms with Gasteiger partial charge in [-0.3, -0.25) is 10.1 Å². The van der Waals surface area contributed by atoms with Gasteiger partial charge in [0.2, 0.25) is 0 Å². The van der Waals surface area contributed by atoms with Crippen LogP contribution >= 0.6 is 0 Å². The molecule has 0 bridgehead atoms. The molecule has 6 nitrogen and oxygen atoms in total. The maximum absolute atomic E-state index is 10.2. The Bertz CT molecular complexity index is 538. The summed E-state index contributed by atoms with van der Waals surface area (Å²) < 4.78 is 9.74. The molecule has 106 valence electrons. The summed E-state index contributed by atoms with van der Waals surface area (Å²) in [4.78, 5) is 9.72. The third-order valence-corrected chi connectivity index (χ3v) is 2.40. The molecule has 0 heterocycles. The normalized spacial score (nSPS) is 9.10.